The molecular formula is C17H20BrNO. The lowest BCUT2D eigenvalue weighted by Gasteiger charge is -2.34. The largest absolute Gasteiger partial charge is 0.394 e. The van der Waals surface area contributed by atoms with E-state index >= 15 is 0 Å². The topological polar surface area (TPSA) is 32.3 Å². The van der Waals surface area contributed by atoms with Gasteiger partial charge >= 0.3 is 0 Å². The van der Waals surface area contributed by atoms with E-state index in [4.69, 9.17) is 0 Å². The zero-order valence-electron chi connectivity index (χ0n) is 11.9. The SMILES string of the molecule is CCC(CO)(Nc1ccccc1C)c1ccc(Br)cc1. The Hall–Kier alpha value is -1.32. The highest BCUT2D eigenvalue weighted by Crippen LogP contribution is 2.31. The molecule has 0 aliphatic heterocycles. The third kappa shape index (κ3) is 3.05. The monoisotopic (exact) mass is 333 g/mol. The van der Waals surface area contributed by atoms with Crippen LogP contribution in [-0.2, 0) is 5.54 Å². The van der Waals surface area contributed by atoms with E-state index in [9.17, 15) is 5.11 Å². The lowest BCUT2D eigenvalue weighted by molar-refractivity contribution is 0.207. The molecular weight excluding hydrogens is 314 g/mol. The maximum Gasteiger partial charge on any atom is 0.0854 e. The molecule has 0 saturated heterocycles. The summed E-state index contributed by atoms with van der Waals surface area (Å²) in [5, 5.41) is 13.5. The Balaban J connectivity index is 2.39. The average molecular weight is 334 g/mol. The molecule has 2 N–H and O–H groups in total. The number of aryl methyl sites for hydroxylation is 1. The summed E-state index contributed by atoms with van der Waals surface area (Å²) in [6.45, 7) is 4.21. The Morgan fingerprint density at radius 3 is 2.30 bits per heavy atom. The predicted octanol–water partition coefficient (Wildman–Crippen LogP) is 4.47. The molecule has 0 aliphatic carbocycles. The Morgan fingerprint density at radius 2 is 1.75 bits per heavy atom. The molecule has 2 aromatic rings. The van der Waals surface area contributed by atoms with E-state index in [2.05, 4.69) is 53.3 Å². The Labute approximate surface area is 129 Å². The first-order valence-electron chi connectivity index (χ1n) is 6.82. The van der Waals surface area contributed by atoms with Crippen molar-refractivity contribution in [3.8, 4) is 0 Å². The third-order valence-corrected chi connectivity index (χ3v) is 4.32. The molecule has 20 heavy (non-hydrogen) atoms. The summed E-state index contributed by atoms with van der Waals surface area (Å²) in [6.07, 6.45) is 0.805. The predicted molar refractivity (Wildman–Crippen MR) is 88.0 cm³/mol. The van der Waals surface area contributed by atoms with E-state index in [-0.39, 0.29) is 6.61 Å². The molecule has 0 heterocycles. The van der Waals surface area contributed by atoms with Crippen LogP contribution in [0.1, 0.15) is 24.5 Å². The van der Waals surface area contributed by atoms with Gasteiger partial charge in [0, 0.05) is 10.2 Å². The molecule has 0 radical (unpaired) electrons. The van der Waals surface area contributed by atoms with E-state index in [1.807, 2.05) is 30.3 Å². The van der Waals surface area contributed by atoms with Crippen LogP contribution in [0.4, 0.5) is 5.69 Å². The van der Waals surface area contributed by atoms with E-state index in [0.717, 1.165) is 22.1 Å². The highest BCUT2D eigenvalue weighted by atomic mass is 79.9. The van der Waals surface area contributed by atoms with Crippen LogP contribution in [0, 0.1) is 6.92 Å². The highest BCUT2D eigenvalue weighted by molar-refractivity contribution is 9.10. The van der Waals surface area contributed by atoms with E-state index in [0.29, 0.717) is 0 Å². The lowest BCUT2D eigenvalue weighted by atomic mass is 9.87. The summed E-state index contributed by atoms with van der Waals surface area (Å²) >= 11 is 3.45. The van der Waals surface area contributed by atoms with E-state index < -0.39 is 5.54 Å². The Morgan fingerprint density at radius 1 is 1.10 bits per heavy atom. The van der Waals surface area contributed by atoms with Gasteiger partial charge in [0.2, 0.25) is 0 Å². The molecule has 2 nitrogen and oxygen atoms in total. The molecule has 0 spiro atoms. The number of aliphatic hydroxyl groups is 1. The molecule has 0 aliphatic rings. The van der Waals surface area contributed by atoms with Gasteiger partial charge in [0.15, 0.2) is 0 Å². The molecule has 0 fully saturated rings. The van der Waals surface area contributed by atoms with Crippen LogP contribution >= 0.6 is 15.9 Å². The molecule has 0 bridgehead atoms. The second kappa shape index (κ2) is 6.42. The molecule has 3 heteroatoms. The zero-order valence-corrected chi connectivity index (χ0v) is 13.4. The number of para-hydroxylation sites is 1. The van der Waals surface area contributed by atoms with Crippen LogP contribution in [0.2, 0.25) is 0 Å². The van der Waals surface area contributed by atoms with Gasteiger partial charge in [0.05, 0.1) is 12.1 Å². The van der Waals surface area contributed by atoms with Crippen molar-refractivity contribution in [2.45, 2.75) is 25.8 Å². The van der Waals surface area contributed by atoms with Crippen molar-refractivity contribution in [1.29, 1.82) is 0 Å². The van der Waals surface area contributed by atoms with Gasteiger partial charge in [0.25, 0.3) is 0 Å². The van der Waals surface area contributed by atoms with Crippen molar-refractivity contribution in [2.75, 3.05) is 11.9 Å². The van der Waals surface area contributed by atoms with Gasteiger partial charge in [-0.05, 0) is 42.7 Å². The Bertz CT molecular complexity index is 561. The number of hydrogen-bond acceptors (Lipinski definition) is 2. The van der Waals surface area contributed by atoms with Crippen LogP contribution in [0.3, 0.4) is 0 Å². The molecule has 1 atom stereocenters. The van der Waals surface area contributed by atoms with Crippen molar-refractivity contribution in [3.05, 3.63) is 64.1 Å². The second-order valence-corrected chi connectivity index (χ2v) is 5.96. The number of rotatable bonds is 5. The number of anilines is 1. The fourth-order valence-corrected chi connectivity index (χ4v) is 2.61. The standard InChI is InChI=1S/C17H20BrNO/c1-3-17(12-20,14-8-10-15(18)11-9-14)19-16-7-5-4-6-13(16)2/h4-11,19-20H,3,12H2,1-2H3. The molecule has 2 rings (SSSR count). The number of hydrogen-bond donors (Lipinski definition) is 2. The summed E-state index contributed by atoms with van der Waals surface area (Å²) in [6, 6.07) is 16.3. The molecule has 0 saturated carbocycles. The van der Waals surface area contributed by atoms with Crippen molar-refractivity contribution < 1.29 is 5.11 Å². The summed E-state index contributed by atoms with van der Waals surface area (Å²) in [7, 11) is 0. The maximum absolute atomic E-state index is 9.98. The first kappa shape index (κ1) is 15.1. The third-order valence-electron chi connectivity index (χ3n) is 3.79. The van der Waals surface area contributed by atoms with Crippen LogP contribution in [-0.4, -0.2) is 11.7 Å². The van der Waals surface area contributed by atoms with Crippen molar-refractivity contribution in [2.24, 2.45) is 0 Å². The second-order valence-electron chi connectivity index (χ2n) is 5.04. The van der Waals surface area contributed by atoms with Crippen LogP contribution < -0.4 is 5.32 Å². The zero-order chi connectivity index (χ0) is 14.6. The van der Waals surface area contributed by atoms with Gasteiger partial charge in [-0.1, -0.05) is 53.2 Å². The van der Waals surface area contributed by atoms with Crippen molar-refractivity contribution in [1.82, 2.24) is 0 Å². The van der Waals surface area contributed by atoms with E-state index in [1.165, 1.54) is 5.56 Å². The van der Waals surface area contributed by atoms with Crippen molar-refractivity contribution in [3.63, 3.8) is 0 Å². The summed E-state index contributed by atoms with van der Waals surface area (Å²) in [4.78, 5) is 0. The maximum atomic E-state index is 9.98. The molecule has 106 valence electrons. The minimum absolute atomic E-state index is 0.0550. The number of halogens is 1. The van der Waals surface area contributed by atoms with Gasteiger partial charge < -0.3 is 10.4 Å². The average Bonchev–Trinajstić information content (AvgIpc) is 2.48. The minimum Gasteiger partial charge on any atom is -0.394 e. The number of nitrogens with one attached hydrogen (secondary N) is 1. The van der Waals surface area contributed by atoms with Crippen molar-refractivity contribution >= 4 is 21.6 Å². The van der Waals surface area contributed by atoms with Gasteiger partial charge in [-0.15, -0.1) is 0 Å². The fourth-order valence-electron chi connectivity index (χ4n) is 2.35. The quantitative estimate of drug-likeness (QED) is 0.846. The smallest absolute Gasteiger partial charge is 0.0854 e. The molecule has 2 aromatic carbocycles. The van der Waals surface area contributed by atoms with Gasteiger partial charge in [-0.3, -0.25) is 0 Å². The Kier molecular flexibility index (Phi) is 4.84. The summed E-state index contributed by atoms with van der Waals surface area (Å²) < 4.78 is 1.04. The van der Waals surface area contributed by atoms with E-state index in [1.54, 1.807) is 0 Å². The number of aliphatic hydroxyl groups excluding tert-OH is 1. The fraction of sp³-hybridized carbons (Fsp3) is 0.294. The summed E-state index contributed by atoms with van der Waals surface area (Å²) in [5.74, 6) is 0. The minimum atomic E-state index is -0.452. The summed E-state index contributed by atoms with van der Waals surface area (Å²) in [5.41, 5.74) is 2.88. The number of benzene rings is 2. The van der Waals surface area contributed by atoms with Gasteiger partial charge in [-0.25, -0.2) is 0 Å². The normalized spacial score (nSPS) is 13.8. The van der Waals surface area contributed by atoms with Gasteiger partial charge in [0.1, 0.15) is 0 Å². The first-order valence-corrected chi connectivity index (χ1v) is 7.61. The first-order chi connectivity index (χ1) is 9.61. The molecule has 1 unspecified atom stereocenters. The highest BCUT2D eigenvalue weighted by Gasteiger charge is 2.29. The van der Waals surface area contributed by atoms with Crippen LogP contribution in [0.5, 0.6) is 0 Å². The van der Waals surface area contributed by atoms with Crippen LogP contribution in [0.25, 0.3) is 0 Å². The van der Waals surface area contributed by atoms with Crippen LogP contribution in [0.15, 0.2) is 53.0 Å². The van der Waals surface area contributed by atoms with Gasteiger partial charge in [-0.2, -0.15) is 0 Å². The molecule has 0 amide bonds. The molecule has 0 aromatic heterocycles. The lowest BCUT2D eigenvalue weighted by Crippen LogP contribution is -2.38.